The Balaban J connectivity index is 1.60. The van der Waals surface area contributed by atoms with E-state index in [0.717, 1.165) is 32.1 Å². The van der Waals surface area contributed by atoms with Crippen LogP contribution in [0.15, 0.2) is 24.3 Å². The Kier molecular flexibility index (Phi) is 8.63. The Morgan fingerprint density at radius 2 is 1.82 bits per heavy atom. The molecule has 38 heavy (non-hydrogen) atoms. The molecule has 2 aliphatic rings. The van der Waals surface area contributed by atoms with Gasteiger partial charge in [-0.15, -0.1) is 0 Å². The van der Waals surface area contributed by atoms with Crippen molar-refractivity contribution in [2.75, 3.05) is 25.1 Å². The first kappa shape index (κ1) is 27.9. The lowest BCUT2D eigenvalue weighted by Gasteiger charge is -2.34. The third-order valence-corrected chi connectivity index (χ3v) is 7.56. The molecular weight excluding hydrogens is 489 g/mol. The van der Waals surface area contributed by atoms with E-state index in [2.05, 4.69) is 5.32 Å². The number of esters is 1. The maximum absolute atomic E-state index is 13.8. The van der Waals surface area contributed by atoms with Crippen molar-refractivity contribution in [3.05, 3.63) is 30.0 Å². The van der Waals surface area contributed by atoms with Crippen LogP contribution in [0.3, 0.4) is 0 Å². The normalized spacial score (nSPS) is 20.5. The minimum Gasteiger partial charge on any atom is -0.461 e. The molecule has 1 saturated heterocycles. The molecule has 2 aromatic rings. The van der Waals surface area contributed by atoms with Gasteiger partial charge in [0.05, 0.1) is 13.2 Å². The van der Waals surface area contributed by atoms with Gasteiger partial charge >= 0.3 is 12.1 Å². The lowest BCUT2D eigenvalue weighted by atomic mass is 9.76. The van der Waals surface area contributed by atoms with Crippen molar-refractivity contribution in [3.63, 3.8) is 0 Å². The van der Waals surface area contributed by atoms with Gasteiger partial charge in [-0.2, -0.15) is 0 Å². The molecule has 2 heterocycles. The molecule has 2 amide bonds. The molecule has 4 rings (SSSR count). The number of hydrogen-bond acceptors (Lipinski definition) is 5. The maximum Gasteiger partial charge on any atom is 0.410 e. The number of carbonyl (C=O) groups is 3. The molecular formula is C29H40FN3O5. The second-order valence-electron chi connectivity index (χ2n) is 11.3. The van der Waals surface area contributed by atoms with E-state index in [-0.39, 0.29) is 30.7 Å². The first-order valence-corrected chi connectivity index (χ1v) is 13.8. The van der Waals surface area contributed by atoms with E-state index >= 15 is 0 Å². The number of hydrogen-bond donors (Lipinski definition) is 1. The quantitative estimate of drug-likeness (QED) is 0.449. The summed E-state index contributed by atoms with van der Waals surface area (Å²) >= 11 is 0. The first-order valence-electron chi connectivity index (χ1n) is 13.8. The number of alkyl halides is 1. The topological polar surface area (TPSA) is 89.9 Å². The van der Waals surface area contributed by atoms with Crippen LogP contribution in [0.2, 0.25) is 0 Å². The molecule has 1 aromatic heterocycles. The predicted molar refractivity (Wildman–Crippen MR) is 144 cm³/mol. The van der Waals surface area contributed by atoms with Crippen LogP contribution in [0, 0.1) is 11.8 Å². The number of benzene rings is 1. The number of fused-ring (bicyclic) bond motifs is 1. The smallest absolute Gasteiger partial charge is 0.410 e. The van der Waals surface area contributed by atoms with Crippen molar-refractivity contribution in [2.24, 2.45) is 11.8 Å². The van der Waals surface area contributed by atoms with E-state index in [9.17, 15) is 18.8 Å². The molecule has 208 valence electrons. The molecule has 1 N–H and O–H groups in total. The molecule has 1 aromatic carbocycles. The number of rotatable bonds is 7. The summed E-state index contributed by atoms with van der Waals surface area (Å²) in [6, 6.07) is 6.32. The molecule has 0 bridgehead atoms. The number of halogens is 1. The van der Waals surface area contributed by atoms with Crippen LogP contribution in [0.25, 0.3) is 10.9 Å². The average Bonchev–Trinajstić information content (AvgIpc) is 3.46. The molecule has 2 atom stereocenters. The predicted octanol–water partition coefficient (Wildman–Crippen LogP) is 5.93. The van der Waals surface area contributed by atoms with E-state index in [1.165, 1.54) is 6.42 Å². The molecule has 0 spiro atoms. The number of likely N-dealkylation sites (tertiary alicyclic amines) is 1. The summed E-state index contributed by atoms with van der Waals surface area (Å²) < 4.78 is 25.7. The van der Waals surface area contributed by atoms with Crippen molar-refractivity contribution in [1.29, 1.82) is 0 Å². The van der Waals surface area contributed by atoms with E-state index in [1.54, 1.807) is 40.7 Å². The number of carbonyl (C=O) groups excluding carboxylic acids is 3. The highest BCUT2D eigenvalue weighted by molar-refractivity contribution is 6.00. The SMILES string of the molecule is CCOC(=O)c1cc2cc(NC(=O)[C@@H]3[C@H](C4CCCCC4)CCN3C(=O)OC(C)(C)C)ccc2n1CCF. The number of aryl methyl sites for hydroxylation is 1. The summed E-state index contributed by atoms with van der Waals surface area (Å²) in [5, 5.41) is 3.71. The molecule has 1 aliphatic heterocycles. The number of anilines is 1. The van der Waals surface area contributed by atoms with Crippen molar-refractivity contribution in [2.45, 2.75) is 84.4 Å². The monoisotopic (exact) mass is 529 g/mol. The summed E-state index contributed by atoms with van der Waals surface area (Å²) in [5.74, 6) is -0.280. The van der Waals surface area contributed by atoms with Gasteiger partial charge in [-0.25, -0.2) is 14.0 Å². The van der Waals surface area contributed by atoms with Gasteiger partial charge in [0.2, 0.25) is 5.91 Å². The molecule has 9 heteroatoms. The Morgan fingerprint density at radius 1 is 1.08 bits per heavy atom. The Bertz CT molecular complexity index is 1160. The van der Waals surface area contributed by atoms with Gasteiger partial charge in [0, 0.05) is 23.1 Å². The highest BCUT2D eigenvalue weighted by Gasteiger charge is 2.46. The molecule has 1 saturated carbocycles. The van der Waals surface area contributed by atoms with Crippen LogP contribution in [0.4, 0.5) is 14.9 Å². The highest BCUT2D eigenvalue weighted by Crippen LogP contribution is 2.40. The lowest BCUT2D eigenvalue weighted by molar-refractivity contribution is -0.122. The van der Waals surface area contributed by atoms with Gasteiger partial charge in [-0.3, -0.25) is 9.69 Å². The molecule has 0 unspecified atom stereocenters. The average molecular weight is 530 g/mol. The van der Waals surface area contributed by atoms with Crippen LogP contribution >= 0.6 is 0 Å². The minimum absolute atomic E-state index is 0.0271. The van der Waals surface area contributed by atoms with E-state index in [4.69, 9.17) is 9.47 Å². The zero-order chi connectivity index (χ0) is 27.4. The van der Waals surface area contributed by atoms with Crippen LogP contribution in [0.5, 0.6) is 0 Å². The van der Waals surface area contributed by atoms with Gasteiger partial charge < -0.3 is 19.4 Å². The highest BCUT2D eigenvalue weighted by atomic mass is 19.1. The van der Waals surface area contributed by atoms with Crippen LogP contribution in [-0.2, 0) is 20.8 Å². The largest absolute Gasteiger partial charge is 0.461 e. The second kappa shape index (κ2) is 11.7. The van der Waals surface area contributed by atoms with Crippen LogP contribution < -0.4 is 5.32 Å². The fraction of sp³-hybridized carbons (Fsp3) is 0.621. The Morgan fingerprint density at radius 3 is 2.47 bits per heavy atom. The first-order chi connectivity index (χ1) is 18.1. The van der Waals surface area contributed by atoms with Gasteiger partial charge in [-0.1, -0.05) is 32.1 Å². The molecule has 2 fully saturated rings. The minimum atomic E-state index is -0.657. The number of ether oxygens (including phenoxy) is 2. The lowest BCUT2D eigenvalue weighted by Crippen LogP contribution is -2.49. The third-order valence-electron chi connectivity index (χ3n) is 7.56. The van der Waals surface area contributed by atoms with Gasteiger partial charge in [0.1, 0.15) is 24.0 Å². The van der Waals surface area contributed by atoms with Crippen molar-refractivity contribution >= 4 is 34.6 Å². The zero-order valence-electron chi connectivity index (χ0n) is 22.9. The van der Waals surface area contributed by atoms with Crippen molar-refractivity contribution in [1.82, 2.24) is 9.47 Å². The summed E-state index contributed by atoms with van der Waals surface area (Å²) in [4.78, 5) is 40.9. The van der Waals surface area contributed by atoms with Gasteiger partial charge in [0.15, 0.2) is 0 Å². The number of amides is 2. The van der Waals surface area contributed by atoms with Crippen molar-refractivity contribution < 1.29 is 28.2 Å². The van der Waals surface area contributed by atoms with E-state index in [0.29, 0.717) is 29.1 Å². The molecule has 1 aliphatic carbocycles. The standard InChI is InChI=1S/C29H40FN3O5/c1-5-37-27(35)24-18-20-17-21(11-12-23(20)32(24)16-14-30)31-26(34)25-22(19-9-7-6-8-10-19)13-15-33(25)28(36)38-29(2,3)4/h11-12,17-19,22,25H,5-10,13-16H2,1-4H3,(H,31,34)/t22-,25-/m0/s1. The van der Waals surface area contributed by atoms with Gasteiger partial charge in [0.25, 0.3) is 0 Å². The van der Waals surface area contributed by atoms with Crippen LogP contribution in [-0.4, -0.2) is 58.9 Å². The zero-order valence-corrected chi connectivity index (χ0v) is 22.9. The number of nitrogens with one attached hydrogen (secondary N) is 1. The van der Waals surface area contributed by atoms with E-state index in [1.807, 2.05) is 20.8 Å². The number of nitrogens with zero attached hydrogens (tertiary/aromatic N) is 2. The fourth-order valence-corrected chi connectivity index (χ4v) is 6.00. The summed E-state index contributed by atoms with van der Waals surface area (Å²) in [6.07, 6.45) is 5.97. The van der Waals surface area contributed by atoms with Crippen molar-refractivity contribution in [3.8, 4) is 0 Å². The van der Waals surface area contributed by atoms with Gasteiger partial charge in [-0.05, 0) is 70.2 Å². The summed E-state index contributed by atoms with van der Waals surface area (Å²) in [6.45, 7) is 7.30. The second-order valence-corrected chi connectivity index (χ2v) is 11.3. The third kappa shape index (κ3) is 6.13. The molecule has 8 nitrogen and oxygen atoms in total. The Hall–Kier alpha value is -3.10. The number of aromatic nitrogens is 1. The summed E-state index contributed by atoms with van der Waals surface area (Å²) in [7, 11) is 0. The summed E-state index contributed by atoms with van der Waals surface area (Å²) in [5.41, 5.74) is 0.844. The van der Waals surface area contributed by atoms with Crippen LogP contribution in [0.1, 0.15) is 76.7 Å². The maximum atomic E-state index is 13.8. The molecule has 0 radical (unpaired) electrons. The Labute approximate surface area is 223 Å². The fourth-order valence-electron chi connectivity index (χ4n) is 6.00. The van der Waals surface area contributed by atoms with E-state index < -0.39 is 30.4 Å².